The zero-order chi connectivity index (χ0) is 18.2. The van der Waals surface area contributed by atoms with E-state index < -0.39 is 0 Å². The molecule has 0 N–H and O–H groups in total. The van der Waals surface area contributed by atoms with Crippen molar-refractivity contribution in [2.75, 3.05) is 39.3 Å². The van der Waals surface area contributed by atoms with Crippen LogP contribution in [0.1, 0.15) is 59.8 Å². The van der Waals surface area contributed by atoms with E-state index in [2.05, 4.69) is 23.6 Å². The van der Waals surface area contributed by atoms with Crippen molar-refractivity contribution in [2.45, 2.75) is 59.8 Å². The minimum atomic E-state index is -0.250. The summed E-state index contributed by atoms with van der Waals surface area (Å²) in [6.07, 6.45) is 4.76. The highest BCUT2D eigenvalue weighted by molar-refractivity contribution is 5.90. The van der Waals surface area contributed by atoms with Gasteiger partial charge >= 0.3 is 0 Å². The largest absolute Gasteiger partial charge is 0.301 e. The average molecular weight is 349 g/mol. The number of carbonyl (C=O) groups is 2. The molecule has 4 heteroatoms. The van der Waals surface area contributed by atoms with E-state index >= 15 is 0 Å². The maximum absolute atomic E-state index is 13.2. The Kier molecular flexibility index (Phi) is 5.41. The van der Waals surface area contributed by atoms with Gasteiger partial charge in [-0.2, -0.15) is 0 Å². The van der Waals surface area contributed by atoms with Gasteiger partial charge in [0.1, 0.15) is 11.6 Å². The lowest BCUT2D eigenvalue weighted by Gasteiger charge is -2.51. The topological polar surface area (TPSA) is 40.6 Å². The second kappa shape index (κ2) is 7.11. The number of Topliss-reactive ketones (excluding diaryl/α,β-unsaturated/α-hetero) is 2. The van der Waals surface area contributed by atoms with E-state index in [4.69, 9.17) is 0 Å². The van der Waals surface area contributed by atoms with Gasteiger partial charge in [-0.15, -0.1) is 0 Å². The summed E-state index contributed by atoms with van der Waals surface area (Å²) in [6, 6.07) is 0. The highest BCUT2D eigenvalue weighted by Crippen LogP contribution is 2.43. The molecule has 0 unspecified atom stereocenters. The highest BCUT2D eigenvalue weighted by atomic mass is 16.1. The van der Waals surface area contributed by atoms with Crippen molar-refractivity contribution in [3.63, 3.8) is 0 Å². The summed E-state index contributed by atoms with van der Waals surface area (Å²) in [6.45, 7) is 14.3. The maximum atomic E-state index is 13.2. The number of hydrogen-bond acceptors (Lipinski definition) is 4. The van der Waals surface area contributed by atoms with Gasteiger partial charge in [-0.05, 0) is 44.7 Å². The summed E-state index contributed by atoms with van der Waals surface area (Å²) in [4.78, 5) is 30.9. The first-order valence-corrected chi connectivity index (χ1v) is 10.3. The summed E-state index contributed by atoms with van der Waals surface area (Å²) in [5, 5.41) is 0. The van der Waals surface area contributed by atoms with Crippen LogP contribution in [0.2, 0.25) is 0 Å². The quantitative estimate of drug-likeness (QED) is 0.783. The van der Waals surface area contributed by atoms with E-state index in [9.17, 15) is 9.59 Å². The molecule has 0 spiro atoms. The van der Waals surface area contributed by atoms with Gasteiger partial charge in [0.15, 0.2) is 0 Å². The first-order valence-electron chi connectivity index (χ1n) is 10.3. The van der Waals surface area contributed by atoms with Crippen molar-refractivity contribution in [2.24, 2.45) is 22.7 Å². The summed E-state index contributed by atoms with van der Waals surface area (Å²) >= 11 is 0. The summed E-state index contributed by atoms with van der Waals surface area (Å²) in [7, 11) is 0. The lowest BCUT2D eigenvalue weighted by Crippen LogP contribution is -2.62. The number of rotatable bonds is 4. The molecule has 142 valence electrons. The third-order valence-electron chi connectivity index (χ3n) is 6.57. The van der Waals surface area contributed by atoms with E-state index in [1.807, 2.05) is 13.8 Å². The fourth-order valence-corrected chi connectivity index (χ4v) is 5.47. The fourth-order valence-electron chi connectivity index (χ4n) is 5.47. The Hall–Kier alpha value is -0.740. The summed E-state index contributed by atoms with van der Waals surface area (Å²) < 4.78 is 0. The Bertz CT molecular complexity index is 514. The number of carbonyl (C=O) groups excluding carboxylic acids is 2. The fraction of sp³-hybridized carbons (Fsp3) is 0.905. The summed E-state index contributed by atoms with van der Waals surface area (Å²) in [5.74, 6) is 1.41. The zero-order valence-corrected chi connectivity index (χ0v) is 16.6. The molecule has 0 saturated carbocycles. The lowest BCUT2D eigenvalue weighted by molar-refractivity contribution is -0.147. The van der Waals surface area contributed by atoms with Gasteiger partial charge in [0.05, 0.1) is 10.8 Å². The monoisotopic (exact) mass is 348 g/mol. The smallest absolute Gasteiger partial charge is 0.144 e. The molecule has 0 aromatic rings. The van der Waals surface area contributed by atoms with Crippen LogP contribution in [0, 0.1) is 22.7 Å². The molecule has 6 aliphatic rings. The molecule has 6 aliphatic heterocycles. The van der Waals surface area contributed by atoms with Crippen LogP contribution in [-0.2, 0) is 9.59 Å². The van der Waals surface area contributed by atoms with Crippen LogP contribution in [0.5, 0.6) is 0 Å². The van der Waals surface area contributed by atoms with Crippen molar-refractivity contribution >= 4 is 11.6 Å². The minimum absolute atomic E-state index is 0.0664. The van der Waals surface area contributed by atoms with Gasteiger partial charge in [0, 0.05) is 38.5 Å². The number of ketones is 2. The molecule has 0 aromatic carbocycles. The van der Waals surface area contributed by atoms with Crippen molar-refractivity contribution in [1.82, 2.24) is 9.80 Å². The molecule has 6 fully saturated rings. The van der Waals surface area contributed by atoms with E-state index in [0.29, 0.717) is 23.9 Å². The molecule has 0 atom stereocenters. The van der Waals surface area contributed by atoms with Crippen molar-refractivity contribution in [1.29, 1.82) is 0 Å². The van der Waals surface area contributed by atoms with Crippen molar-refractivity contribution in [3.05, 3.63) is 0 Å². The van der Waals surface area contributed by atoms with Crippen LogP contribution < -0.4 is 0 Å². The molecule has 6 rings (SSSR count). The highest BCUT2D eigenvalue weighted by Gasteiger charge is 2.52. The second-order valence-electron chi connectivity index (χ2n) is 9.73. The Morgan fingerprint density at radius 2 is 1.56 bits per heavy atom. The molecular formula is C21H36N2O2. The molecule has 25 heavy (non-hydrogen) atoms. The molecule has 4 bridgehead atoms. The van der Waals surface area contributed by atoms with Crippen molar-refractivity contribution < 1.29 is 9.59 Å². The van der Waals surface area contributed by atoms with Crippen LogP contribution in [-0.4, -0.2) is 60.6 Å². The normalized spacial score (nSPS) is 39.0. The van der Waals surface area contributed by atoms with Gasteiger partial charge in [-0.3, -0.25) is 9.59 Å². The Labute approximate surface area is 153 Å². The van der Waals surface area contributed by atoms with Crippen LogP contribution in [0.15, 0.2) is 0 Å². The molecule has 0 aliphatic carbocycles. The molecular weight excluding hydrogens is 312 g/mol. The van der Waals surface area contributed by atoms with Crippen LogP contribution in [0.3, 0.4) is 0 Å². The molecule has 0 radical (unpaired) electrons. The predicted molar refractivity (Wildman–Crippen MR) is 101 cm³/mol. The standard InChI is InChI=1S/C21H36N2O2/c1-16(2)11-21-14-23(15-21)10-6-5-9-22-12-20(13-22,8-7-18(21)24)19(25)17(3)4/h16-17H,5-15H2,1-4H3. The lowest BCUT2D eigenvalue weighted by atomic mass is 9.65. The maximum Gasteiger partial charge on any atom is 0.144 e. The SMILES string of the molecule is CC(C)CC12CN(CCCCN3CC(C(=O)C(C)C)(CCC1=O)C3)C2. The van der Waals surface area contributed by atoms with E-state index in [1.165, 1.54) is 12.8 Å². The zero-order valence-electron chi connectivity index (χ0n) is 16.6. The van der Waals surface area contributed by atoms with Gasteiger partial charge in [0.2, 0.25) is 0 Å². The van der Waals surface area contributed by atoms with Crippen LogP contribution in [0.4, 0.5) is 0 Å². The third kappa shape index (κ3) is 3.71. The Morgan fingerprint density at radius 3 is 2.08 bits per heavy atom. The Morgan fingerprint density at radius 1 is 1.00 bits per heavy atom. The van der Waals surface area contributed by atoms with E-state index in [-0.39, 0.29) is 16.7 Å². The second-order valence-corrected chi connectivity index (χ2v) is 9.73. The van der Waals surface area contributed by atoms with Gasteiger partial charge in [-0.1, -0.05) is 27.7 Å². The van der Waals surface area contributed by atoms with Crippen molar-refractivity contribution in [3.8, 4) is 0 Å². The van der Waals surface area contributed by atoms with E-state index in [1.54, 1.807) is 0 Å². The third-order valence-corrected chi connectivity index (χ3v) is 6.57. The summed E-state index contributed by atoms with van der Waals surface area (Å²) in [5.41, 5.74) is -0.381. The Balaban J connectivity index is 1.75. The van der Waals surface area contributed by atoms with Gasteiger partial charge < -0.3 is 9.80 Å². The van der Waals surface area contributed by atoms with Crippen LogP contribution >= 0.6 is 0 Å². The molecule has 6 heterocycles. The predicted octanol–water partition coefficient (Wildman–Crippen LogP) is 3.00. The average Bonchev–Trinajstić information content (AvgIpc) is 2.49. The van der Waals surface area contributed by atoms with Crippen LogP contribution in [0.25, 0.3) is 0 Å². The number of hydrogen-bond donors (Lipinski definition) is 0. The molecule has 0 aromatic heterocycles. The minimum Gasteiger partial charge on any atom is -0.301 e. The molecule has 6 saturated heterocycles. The van der Waals surface area contributed by atoms with Gasteiger partial charge in [0.25, 0.3) is 0 Å². The molecule has 0 amide bonds. The van der Waals surface area contributed by atoms with Gasteiger partial charge in [-0.25, -0.2) is 0 Å². The molecule has 4 nitrogen and oxygen atoms in total. The first kappa shape index (κ1) is 19.0. The van der Waals surface area contributed by atoms with E-state index in [0.717, 1.165) is 52.1 Å². The number of nitrogens with zero attached hydrogens (tertiary/aromatic N) is 2. The first-order chi connectivity index (χ1) is 11.8.